The lowest BCUT2D eigenvalue weighted by Gasteiger charge is -2.17. The highest BCUT2D eigenvalue weighted by atomic mass is 32.2. The number of carboxylic acids is 1. The predicted octanol–water partition coefficient (Wildman–Crippen LogP) is 2.26. The third kappa shape index (κ3) is 7.08. The third-order valence-electron chi connectivity index (χ3n) is 4.64. The Kier molecular flexibility index (Phi) is 8.65. The number of hydrogen-bond donors (Lipinski definition) is 2. The number of piperidine rings is 1. The summed E-state index contributed by atoms with van der Waals surface area (Å²) in [6, 6.07) is 3.67. The van der Waals surface area contributed by atoms with Crippen LogP contribution in [0.4, 0.5) is 17.6 Å². The van der Waals surface area contributed by atoms with Crippen molar-refractivity contribution in [2.45, 2.75) is 11.1 Å². The van der Waals surface area contributed by atoms with Crippen LogP contribution >= 0.6 is 11.9 Å². The predicted molar refractivity (Wildman–Crippen MR) is 102 cm³/mol. The minimum atomic E-state index is -5.08. The quantitative estimate of drug-likeness (QED) is 0.354. The van der Waals surface area contributed by atoms with E-state index in [1.165, 1.54) is 7.11 Å². The number of nitrogens with zero attached hydrogens (tertiary/aromatic N) is 2. The fourth-order valence-corrected chi connectivity index (χ4v) is 4.02. The van der Waals surface area contributed by atoms with Crippen molar-refractivity contribution in [3.63, 3.8) is 0 Å². The molecular weight excluding hydrogens is 446 g/mol. The number of halogens is 4. The molecule has 2 fully saturated rings. The largest absolute Gasteiger partial charge is 0.490 e. The number of alkyl halides is 3. The van der Waals surface area contributed by atoms with E-state index >= 15 is 0 Å². The Morgan fingerprint density at radius 1 is 1.35 bits per heavy atom. The summed E-state index contributed by atoms with van der Waals surface area (Å²) in [6.07, 6.45) is -2.90. The molecule has 1 aliphatic heterocycles. The second-order valence-corrected chi connectivity index (χ2v) is 7.88. The number of aliphatic carboxylic acids is 1. The number of ether oxygens (including phenoxy) is 2. The molecule has 0 aromatic carbocycles. The van der Waals surface area contributed by atoms with Gasteiger partial charge in [0.1, 0.15) is 6.61 Å². The van der Waals surface area contributed by atoms with E-state index in [0.29, 0.717) is 29.6 Å². The maximum absolute atomic E-state index is 12.4. The lowest BCUT2D eigenvalue weighted by atomic mass is 10.3. The molecule has 1 aliphatic carbocycles. The number of aromatic nitrogens is 1. The maximum atomic E-state index is 12.4. The molecule has 0 amide bonds. The lowest BCUT2D eigenvalue weighted by Crippen LogP contribution is -2.21. The minimum Gasteiger partial charge on any atom is -0.475 e. The fourth-order valence-electron chi connectivity index (χ4n) is 3.00. The van der Waals surface area contributed by atoms with Crippen molar-refractivity contribution in [1.82, 2.24) is 9.29 Å². The number of hydrogen-bond acceptors (Lipinski definition) is 8. The van der Waals surface area contributed by atoms with E-state index in [0.717, 1.165) is 18.0 Å². The van der Waals surface area contributed by atoms with Gasteiger partial charge in [-0.3, -0.25) is 4.79 Å². The van der Waals surface area contributed by atoms with E-state index < -0.39 is 12.1 Å². The number of esters is 1. The first kappa shape index (κ1) is 24.9. The van der Waals surface area contributed by atoms with Gasteiger partial charge in [0.15, 0.2) is 0 Å². The van der Waals surface area contributed by atoms with Crippen LogP contribution < -0.4 is 10.5 Å². The summed E-state index contributed by atoms with van der Waals surface area (Å²) in [4.78, 5) is 25.6. The van der Waals surface area contributed by atoms with E-state index in [2.05, 4.69) is 9.29 Å². The van der Waals surface area contributed by atoms with Crippen LogP contribution in [0.1, 0.15) is 0 Å². The summed E-state index contributed by atoms with van der Waals surface area (Å²) in [6.45, 7) is 1.98. The van der Waals surface area contributed by atoms with Gasteiger partial charge in [-0.15, -0.1) is 0 Å². The summed E-state index contributed by atoms with van der Waals surface area (Å²) in [5.74, 6) is -1.49. The van der Waals surface area contributed by atoms with Gasteiger partial charge in [0.05, 0.1) is 19.4 Å². The first-order valence-corrected chi connectivity index (χ1v) is 9.76. The molecule has 172 valence electrons. The van der Waals surface area contributed by atoms with E-state index in [4.69, 9.17) is 25.1 Å². The van der Waals surface area contributed by atoms with Gasteiger partial charge in [-0.1, -0.05) is 0 Å². The highest BCUT2D eigenvalue weighted by Gasteiger charge is 2.60. The molecule has 0 radical (unpaired) electrons. The molecule has 2 aliphatic rings. The molecule has 1 saturated carbocycles. The Labute approximate surface area is 179 Å². The zero-order valence-electron chi connectivity index (χ0n) is 16.3. The Balaban J connectivity index is 0.000000423. The molecule has 3 rings (SSSR count). The van der Waals surface area contributed by atoms with Crippen LogP contribution in [0.2, 0.25) is 0 Å². The summed E-state index contributed by atoms with van der Waals surface area (Å²) in [7, 11) is 1.44. The molecule has 3 atom stereocenters. The van der Waals surface area contributed by atoms with Gasteiger partial charge >= 0.3 is 18.1 Å². The molecule has 8 nitrogen and oxygen atoms in total. The van der Waals surface area contributed by atoms with Gasteiger partial charge < -0.3 is 20.3 Å². The fraction of sp³-hybridized carbons (Fsp3) is 0.500. The number of methoxy groups -OCH3 is 1. The first-order valence-electron chi connectivity index (χ1n) is 8.98. The van der Waals surface area contributed by atoms with Gasteiger partial charge in [0.2, 0.25) is 5.88 Å². The topological polar surface area (TPSA) is 115 Å². The lowest BCUT2D eigenvalue weighted by molar-refractivity contribution is -0.192. The van der Waals surface area contributed by atoms with Crippen molar-refractivity contribution in [2.75, 3.05) is 33.4 Å². The third-order valence-corrected chi connectivity index (χ3v) is 5.65. The average Bonchev–Trinajstić information content (AvgIpc) is 3.24. The zero-order valence-corrected chi connectivity index (χ0v) is 17.2. The van der Waals surface area contributed by atoms with Gasteiger partial charge in [-0.05, 0) is 29.9 Å². The van der Waals surface area contributed by atoms with Gasteiger partial charge in [0, 0.05) is 42.4 Å². The summed E-state index contributed by atoms with van der Waals surface area (Å²) >= 11 is 1.62. The Bertz CT molecular complexity index is 794. The minimum absolute atomic E-state index is 0.0843. The smallest absolute Gasteiger partial charge is 0.475 e. The second kappa shape index (κ2) is 10.8. The monoisotopic (exact) mass is 467 g/mol. The molecule has 1 aromatic heterocycles. The van der Waals surface area contributed by atoms with Gasteiger partial charge in [-0.25, -0.2) is 18.5 Å². The molecule has 1 saturated heterocycles. The van der Waals surface area contributed by atoms with Crippen LogP contribution in [0, 0.1) is 17.8 Å². The number of carboxylic acid groups (broad SMARTS) is 1. The molecule has 3 N–H and O–H groups in total. The van der Waals surface area contributed by atoms with Crippen LogP contribution in [0.15, 0.2) is 35.1 Å². The maximum Gasteiger partial charge on any atom is 0.490 e. The van der Waals surface area contributed by atoms with Crippen LogP contribution in [-0.4, -0.2) is 65.9 Å². The van der Waals surface area contributed by atoms with E-state index in [1.54, 1.807) is 24.2 Å². The van der Waals surface area contributed by atoms with Crippen LogP contribution in [0.5, 0.6) is 5.88 Å². The summed E-state index contributed by atoms with van der Waals surface area (Å²) < 4.78 is 56.6. The van der Waals surface area contributed by atoms with Crippen molar-refractivity contribution in [3.8, 4) is 5.88 Å². The number of carbonyl (C=O) groups excluding carboxylic acids is 1. The molecule has 1 aromatic rings. The molecule has 13 heteroatoms. The normalized spacial score (nSPS) is 22.8. The van der Waals surface area contributed by atoms with Crippen molar-refractivity contribution in [1.29, 1.82) is 0 Å². The standard InChI is InChI=1S/C16H20FN3O3S.C2HF3O2/c1-22-16(21)15-12-7-20(8-13(12)15)24-11-2-3-14(19-6-11)23-9-10(4-17)5-18;3-2(4,5)1(6)7/h2-4,6,12-13,15H,5,7-9,18H2,1H3;(H,6,7)/b10-4-;/t12-,13+,15?;. The van der Waals surface area contributed by atoms with E-state index in [9.17, 15) is 22.4 Å². The highest BCUT2D eigenvalue weighted by Crippen LogP contribution is 2.54. The molecule has 2 heterocycles. The first-order chi connectivity index (χ1) is 14.6. The van der Waals surface area contributed by atoms with Crippen LogP contribution in [0.3, 0.4) is 0 Å². The number of carbonyl (C=O) groups is 2. The Morgan fingerprint density at radius 2 is 1.97 bits per heavy atom. The number of fused-ring (bicyclic) bond motifs is 1. The molecule has 0 bridgehead atoms. The summed E-state index contributed by atoms with van der Waals surface area (Å²) in [5, 5.41) is 7.12. The summed E-state index contributed by atoms with van der Waals surface area (Å²) in [5.41, 5.74) is 5.75. The van der Waals surface area contributed by atoms with Crippen molar-refractivity contribution < 1.29 is 41.7 Å². The van der Waals surface area contributed by atoms with Crippen molar-refractivity contribution >= 4 is 23.9 Å². The van der Waals surface area contributed by atoms with Crippen LogP contribution in [-0.2, 0) is 14.3 Å². The average molecular weight is 467 g/mol. The van der Waals surface area contributed by atoms with Crippen LogP contribution in [0.25, 0.3) is 0 Å². The second-order valence-electron chi connectivity index (χ2n) is 6.71. The van der Waals surface area contributed by atoms with E-state index in [1.807, 2.05) is 6.07 Å². The molecule has 1 unspecified atom stereocenters. The van der Waals surface area contributed by atoms with E-state index in [-0.39, 0.29) is 25.0 Å². The van der Waals surface area contributed by atoms with Gasteiger partial charge in [0.25, 0.3) is 0 Å². The van der Waals surface area contributed by atoms with Crippen molar-refractivity contribution in [3.05, 3.63) is 30.2 Å². The molecular formula is C18H21F4N3O5S. The number of rotatable bonds is 7. The molecule has 31 heavy (non-hydrogen) atoms. The SMILES string of the molecule is COC(=O)C1[C@H]2CN(Sc3ccc(OC/C(=C\F)CN)nc3)C[C@@H]12.O=C(O)C(F)(F)F. The Morgan fingerprint density at radius 3 is 2.39 bits per heavy atom. The molecule has 0 spiro atoms. The zero-order chi connectivity index (χ0) is 23.2. The number of nitrogens with two attached hydrogens (primary N) is 1. The van der Waals surface area contributed by atoms with Gasteiger partial charge in [-0.2, -0.15) is 13.2 Å². The Hall–Kier alpha value is -2.38. The number of pyridine rings is 1. The van der Waals surface area contributed by atoms with Crippen molar-refractivity contribution in [2.24, 2.45) is 23.5 Å². The highest BCUT2D eigenvalue weighted by molar-refractivity contribution is 7.97.